The summed E-state index contributed by atoms with van der Waals surface area (Å²) in [6.07, 6.45) is 4.40. The van der Waals surface area contributed by atoms with Crippen molar-refractivity contribution in [2.75, 3.05) is 13.2 Å². The van der Waals surface area contributed by atoms with Gasteiger partial charge in [-0.25, -0.2) is 4.79 Å². The minimum atomic E-state index is -0.434. The maximum atomic E-state index is 11.0. The largest absolute Gasteiger partial charge is 0.445 e. The smallest absolute Gasteiger partial charge is 0.407 e. The molecule has 5 nitrogen and oxygen atoms in total. The molecule has 0 aromatic carbocycles. The standard InChI is InChI=1S/C10H19N2O3P.C2H6/c1-2-7-15-10(14)11-6-4-3-5-9(8-13)12-16;1-2/h2,8-9,12H,1,3-7,16H2,(H,11,14);1-2H3. The zero-order valence-electron chi connectivity index (χ0n) is 11.3. The summed E-state index contributed by atoms with van der Waals surface area (Å²) in [6.45, 7) is 8.21. The third kappa shape index (κ3) is 13.1. The fraction of sp³-hybridized carbons (Fsp3) is 0.667. The maximum absolute atomic E-state index is 11.0. The van der Waals surface area contributed by atoms with Crippen LogP contribution in [-0.4, -0.2) is 31.6 Å². The van der Waals surface area contributed by atoms with Crippen LogP contribution in [0.5, 0.6) is 0 Å². The van der Waals surface area contributed by atoms with Crippen molar-refractivity contribution < 1.29 is 14.3 Å². The van der Waals surface area contributed by atoms with Crippen molar-refractivity contribution in [2.45, 2.75) is 39.2 Å². The van der Waals surface area contributed by atoms with Gasteiger partial charge < -0.3 is 14.8 Å². The van der Waals surface area contributed by atoms with Crippen molar-refractivity contribution in [3.8, 4) is 0 Å². The Balaban J connectivity index is 0. The molecule has 0 radical (unpaired) electrons. The highest BCUT2D eigenvalue weighted by molar-refractivity contribution is 7.13. The number of unbranched alkanes of at least 4 members (excludes halogenated alkanes) is 1. The molecule has 0 saturated heterocycles. The molecule has 0 spiro atoms. The predicted molar refractivity (Wildman–Crippen MR) is 77.4 cm³/mol. The third-order valence-corrected chi connectivity index (χ3v) is 2.35. The number of aldehydes is 1. The molecule has 0 aromatic rings. The topological polar surface area (TPSA) is 67.4 Å². The van der Waals surface area contributed by atoms with Crippen LogP contribution in [0.1, 0.15) is 33.1 Å². The Labute approximate surface area is 112 Å². The van der Waals surface area contributed by atoms with Gasteiger partial charge in [0, 0.05) is 6.54 Å². The van der Waals surface area contributed by atoms with Crippen molar-refractivity contribution in [1.82, 2.24) is 10.4 Å². The van der Waals surface area contributed by atoms with Gasteiger partial charge in [0.25, 0.3) is 0 Å². The van der Waals surface area contributed by atoms with Gasteiger partial charge in [0.05, 0.1) is 6.04 Å². The van der Waals surface area contributed by atoms with E-state index in [4.69, 9.17) is 4.74 Å². The number of hydrogen-bond donors (Lipinski definition) is 2. The van der Waals surface area contributed by atoms with Gasteiger partial charge in [-0.3, -0.25) is 5.09 Å². The monoisotopic (exact) mass is 276 g/mol. The van der Waals surface area contributed by atoms with Gasteiger partial charge in [0.15, 0.2) is 0 Å². The Kier molecular flexibility index (Phi) is 17.3. The molecular formula is C12H25N2O3P. The molecule has 18 heavy (non-hydrogen) atoms. The summed E-state index contributed by atoms with van der Waals surface area (Å²) in [6, 6.07) is -0.127. The highest BCUT2D eigenvalue weighted by Crippen LogP contribution is 1.99. The van der Waals surface area contributed by atoms with Crippen molar-refractivity contribution in [2.24, 2.45) is 0 Å². The molecule has 2 atom stereocenters. The van der Waals surface area contributed by atoms with Gasteiger partial charge in [-0.1, -0.05) is 35.9 Å². The van der Waals surface area contributed by atoms with Crippen LogP contribution in [0, 0.1) is 0 Å². The zero-order chi connectivity index (χ0) is 14.2. The first-order valence-electron chi connectivity index (χ1n) is 6.17. The highest BCUT2D eigenvalue weighted by Gasteiger charge is 2.03. The summed E-state index contributed by atoms with van der Waals surface area (Å²) in [5, 5.41) is 5.41. The fourth-order valence-electron chi connectivity index (χ4n) is 1.06. The van der Waals surface area contributed by atoms with Crippen LogP contribution >= 0.6 is 9.39 Å². The van der Waals surface area contributed by atoms with Crippen molar-refractivity contribution in [3.05, 3.63) is 12.7 Å². The van der Waals surface area contributed by atoms with Gasteiger partial charge >= 0.3 is 6.09 Å². The normalized spacial score (nSPS) is 10.6. The zero-order valence-corrected chi connectivity index (χ0v) is 12.4. The van der Waals surface area contributed by atoms with E-state index in [2.05, 4.69) is 26.4 Å². The Morgan fingerprint density at radius 3 is 2.61 bits per heavy atom. The first kappa shape index (κ1) is 19.4. The second-order valence-electron chi connectivity index (χ2n) is 3.22. The molecule has 0 heterocycles. The average Bonchev–Trinajstić information content (AvgIpc) is 2.42. The molecule has 0 aliphatic heterocycles. The summed E-state index contributed by atoms with van der Waals surface area (Å²) < 4.78 is 4.72. The van der Waals surface area contributed by atoms with Gasteiger partial charge in [0.1, 0.15) is 12.9 Å². The van der Waals surface area contributed by atoms with Crippen LogP contribution in [0.4, 0.5) is 4.79 Å². The van der Waals surface area contributed by atoms with E-state index in [0.717, 1.165) is 25.5 Å². The summed E-state index contributed by atoms with van der Waals surface area (Å²) in [5.74, 6) is 0. The molecule has 6 heteroatoms. The number of nitrogens with one attached hydrogen (secondary N) is 2. The van der Waals surface area contributed by atoms with Crippen LogP contribution < -0.4 is 10.4 Å². The Bertz CT molecular complexity index is 225. The molecule has 2 N–H and O–H groups in total. The van der Waals surface area contributed by atoms with Gasteiger partial charge in [-0.15, -0.1) is 0 Å². The summed E-state index contributed by atoms with van der Waals surface area (Å²) in [4.78, 5) is 21.4. The van der Waals surface area contributed by atoms with E-state index >= 15 is 0 Å². The molecule has 0 aromatic heterocycles. The predicted octanol–water partition coefficient (Wildman–Crippen LogP) is 2.04. The van der Waals surface area contributed by atoms with Crippen LogP contribution in [-0.2, 0) is 9.53 Å². The molecule has 0 rings (SSSR count). The Morgan fingerprint density at radius 1 is 1.44 bits per heavy atom. The maximum Gasteiger partial charge on any atom is 0.407 e. The number of amides is 1. The lowest BCUT2D eigenvalue weighted by Crippen LogP contribution is -2.26. The van der Waals surface area contributed by atoms with Gasteiger partial charge in [-0.05, 0) is 19.3 Å². The van der Waals surface area contributed by atoms with E-state index in [1.165, 1.54) is 6.08 Å². The quantitative estimate of drug-likeness (QED) is 0.293. The molecular weight excluding hydrogens is 251 g/mol. The molecule has 0 aliphatic rings. The van der Waals surface area contributed by atoms with E-state index < -0.39 is 6.09 Å². The highest BCUT2D eigenvalue weighted by atomic mass is 31.0. The minimum absolute atomic E-state index is 0.127. The average molecular weight is 276 g/mol. The first-order valence-corrected chi connectivity index (χ1v) is 6.75. The molecule has 0 aliphatic carbocycles. The lowest BCUT2D eigenvalue weighted by atomic mass is 10.1. The van der Waals surface area contributed by atoms with E-state index in [1.807, 2.05) is 13.8 Å². The minimum Gasteiger partial charge on any atom is -0.445 e. The second kappa shape index (κ2) is 16.1. The molecule has 0 fully saturated rings. The van der Waals surface area contributed by atoms with Gasteiger partial charge in [0.2, 0.25) is 0 Å². The van der Waals surface area contributed by atoms with Gasteiger partial charge in [-0.2, -0.15) is 0 Å². The lowest BCUT2D eigenvalue weighted by Gasteiger charge is -2.08. The molecule has 2 unspecified atom stereocenters. The molecule has 1 amide bonds. The van der Waals surface area contributed by atoms with Crippen molar-refractivity contribution >= 4 is 21.8 Å². The summed E-state index contributed by atoms with van der Waals surface area (Å²) in [5.41, 5.74) is 0. The van der Waals surface area contributed by atoms with E-state index in [9.17, 15) is 9.59 Å². The van der Waals surface area contributed by atoms with Crippen molar-refractivity contribution in [1.29, 1.82) is 0 Å². The second-order valence-corrected chi connectivity index (χ2v) is 3.55. The number of carbonyl (C=O) groups excluding carboxylic acids is 2. The van der Waals surface area contributed by atoms with E-state index in [0.29, 0.717) is 6.54 Å². The number of carbonyl (C=O) groups is 2. The van der Waals surface area contributed by atoms with Crippen LogP contribution in [0.25, 0.3) is 0 Å². The van der Waals surface area contributed by atoms with Crippen LogP contribution in [0.2, 0.25) is 0 Å². The van der Waals surface area contributed by atoms with Crippen LogP contribution in [0.15, 0.2) is 12.7 Å². The Morgan fingerprint density at radius 2 is 2.11 bits per heavy atom. The van der Waals surface area contributed by atoms with Crippen molar-refractivity contribution in [3.63, 3.8) is 0 Å². The van der Waals surface area contributed by atoms with Crippen LogP contribution in [0.3, 0.4) is 0 Å². The first-order chi connectivity index (χ1) is 8.74. The molecule has 0 bridgehead atoms. The number of rotatable bonds is 9. The number of hydrogen-bond acceptors (Lipinski definition) is 4. The summed E-state index contributed by atoms with van der Waals surface area (Å²) >= 11 is 0. The van der Waals surface area contributed by atoms with E-state index in [-0.39, 0.29) is 12.6 Å². The van der Waals surface area contributed by atoms with E-state index in [1.54, 1.807) is 0 Å². The third-order valence-electron chi connectivity index (χ3n) is 1.92. The lowest BCUT2D eigenvalue weighted by molar-refractivity contribution is -0.109. The fourth-order valence-corrected chi connectivity index (χ4v) is 1.30. The Hall–Kier alpha value is -0.930. The number of alkyl carbamates (subject to hydrolysis) is 1. The molecule has 106 valence electrons. The molecule has 0 saturated carbocycles. The SMILES string of the molecule is C=CCOC(=O)NCCCCC(C=O)NP.CC. The summed E-state index contributed by atoms with van der Waals surface area (Å²) in [7, 11) is 2.32. The number of ether oxygens (including phenoxy) is 1.